The van der Waals surface area contributed by atoms with E-state index in [1.54, 1.807) is 9.58 Å². The molecule has 9 heteroatoms. The molecule has 5 rings (SSSR count). The molecule has 0 spiro atoms. The maximum Gasteiger partial charge on any atom is 0.229 e. The van der Waals surface area contributed by atoms with Gasteiger partial charge >= 0.3 is 0 Å². The Morgan fingerprint density at radius 1 is 0.917 bits per heavy atom. The standard InChI is InChI=1S/C27H27N7O2/c1-17-18(2)32-34(19(17)3)25-14-13-24(30-31-25)28-21-9-11-22(12-10-21)29-27(36)20-15-26(35)33(16-20)23-7-5-4-6-8-23/h4-14,20H,15-16H2,1-3H3,(H,28,30)(H,29,36). The zero-order chi connectivity index (χ0) is 25.2. The molecule has 1 saturated heterocycles. The first-order valence-electron chi connectivity index (χ1n) is 11.8. The first-order valence-corrected chi connectivity index (χ1v) is 11.8. The quantitative estimate of drug-likeness (QED) is 0.425. The summed E-state index contributed by atoms with van der Waals surface area (Å²) in [5.41, 5.74) is 5.43. The Morgan fingerprint density at radius 3 is 2.28 bits per heavy atom. The molecule has 2 aromatic heterocycles. The maximum atomic E-state index is 12.8. The molecule has 2 amide bonds. The highest BCUT2D eigenvalue weighted by atomic mass is 16.2. The van der Waals surface area contributed by atoms with Gasteiger partial charge in [-0.3, -0.25) is 9.59 Å². The Hall–Kier alpha value is -4.53. The summed E-state index contributed by atoms with van der Waals surface area (Å²) >= 11 is 0. The average Bonchev–Trinajstić information content (AvgIpc) is 3.41. The molecule has 4 aromatic rings. The number of nitrogens with one attached hydrogen (secondary N) is 2. The van der Waals surface area contributed by atoms with E-state index in [2.05, 4.69) is 25.9 Å². The third kappa shape index (κ3) is 4.68. The fourth-order valence-corrected chi connectivity index (χ4v) is 4.22. The van der Waals surface area contributed by atoms with Crippen LogP contribution in [0.15, 0.2) is 66.7 Å². The van der Waals surface area contributed by atoms with Gasteiger partial charge in [-0.25, -0.2) is 4.68 Å². The second-order valence-corrected chi connectivity index (χ2v) is 8.92. The van der Waals surface area contributed by atoms with Crippen LogP contribution in [0.3, 0.4) is 0 Å². The summed E-state index contributed by atoms with van der Waals surface area (Å²) in [6.07, 6.45) is 0.201. The predicted molar refractivity (Wildman–Crippen MR) is 139 cm³/mol. The highest BCUT2D eigenvalue weighted by molar-refractivity contribution is 6.03. The Morgan fingerprint density at radius 2 is 1.64 bits per heavy atom. The van der Waals surface area contributed by atoms with E-state index in [0.717, 1.165) is 28.3 Å². The average molecular weight is 482 g/mol. The van der Waals surface area contributed by atoms with Gasteiger partial charge in [-0.15, -0.1) is 10.2 Å². The molecular weight excluding hydrogens is 454 g/mol. The van der Waals surface area contributed by atoms with E-state index in [9.17, 15) is 9.59 Å². The van der Waals surface area contributed by atoms with Gasteiger partial charge in [0, 0.05) is 35.7 Å². The van der Waals surface area contributed by atoms with Crippen LogP contribution < -0.4 is 15.5 Å². The van der Waals surface area contributed by atoms with Crippen molar-refractivity contribution < 1.29 is 9.59 Å². The van der Waals surface area contributed by atoms with Gasteiger partial charge in [0.15, 0.2) is 11.6 Å². The minimum atomic E-state index is -0.393. The number of hydrogen-bond acceptors (Lipinski definition) is 6. The van der Waals surface area contributed by atoms with Crippen LogP contribution in [0, 0.1) is 26.7 Å². The lowest BCUT2D eigenvalue weighted by molar-refractivity contribution is -0.122. The van der Waals surface area contributed by atoms with Crippen molar-refractivity contribution in [2.75, 3.05) is 22.1 Å². The lowest BCUT2D eigenvalue weighted by Crippen LogP contribution is -2.28. The molecule has 0 aliphatic carbocycles. The van der Waals surface area contributed by atoms with Crippen LogP contribution in [0.5, 0.6) is 0 Å². The first-order chi connectivity index (χ1) is 17.4. The highest BCUT2D eigenvalue weighted by Crippen LogP contribution is 2.26. The zero-order valence-corrected chi connectivity index (χ0v) is 20.4. The maximum absolute atomic E-state index is 12.8. The SMILES string of the molecule is Cc1nn(-c2ccc(Nc3ccc(NC(=O)C4CC(=O)N(c5ccccc5)C4)cc3)nn2)c(C)c1C. The molecule has 1 aliphatic rings. The molecule has 1 aliphatic heterocycles. The summed E-state index contributed by atoms with van der Waals surface area (Å²) in [5.74, 6) is 0.655. The second kappa shape index (κ2) is 9.61. The second-order valence-electron chi connectivity index (χ2n) is 8.92. The first kappa shape index (κ1) is 23.2. The molecule has 2 N–H and O–H groups in total. The highest BCUT2D eigenvalue weighted by Gasteiger charge is 2.35. The molecule has 182 valence electrons. The normalized spacial score (nSPS) is 15.2. The third-order valence-electron chi connectivity index (χ3n) is 6.51. The molecule has 0 saturated carbocycles. The number of rotatable bonds is 6. The molecule has 1 fully saturated rings. The van der Waals surface area contributed by atoms with E-state index in [0.29, 0.717) is 23.9 Å². The van der Waals surface area contributed by atoms with Gasteiger partial charge in [0.05, 0.1) is 11.6 Å². The smallest absolute Gasteiger partial charge is 0.229 e. The summed E-state index contributed by atoms with van der Waals surface area (Å²) in [6.45, 7) is 6.39. The lowest BCUT2D eigenvalue weighted by Gasteiger charge is -2.16. The van der Waals surface area contributed by atoms with Crippen LogP contribution in [-0.4, -0.2) is 38.3 Å². The summed E-state index contributed by atoms with van der Waals surface area (Å²) in [7, 11) is 0. The van der Waals surface area contributed by atoms with Gasteiger partial charge in [-0.05, 0) is 74.9 Å². The van der Waals surface area contributed by atoms with E-state index in [-0.39, 0.29) is 18.2 Å². The van der Waals surface area contributed by atoms with E-state index in [1.165, 1.54) is 0 Å². The van der Waals surface area contributed by atoms with Crippen LogP contribution >= 0.6 is 0 Å². The Labute approximate surface area is 209 Å². The number of nitrogens with zero attached hydrogens (tertiary/aromatic N) is 5. The van der Waals surface area contributed by atoms with Crippen molar-refractivity contribution in [1.29, 1.82) is 0 Å². The van der Waals surface area contributed by atoms with Crippen LogP contribution in [0.2, 0.25) is 0 Å². The van der Waals surface area contributed by atoms with E-state index in [4.69, 9.17) is 0 Å². The summed E-state index contributed by atoms with van der Waals surface area (Å²) in [4.78, 5) is 26.9. The van der Waals surface area contributed by atoms with Gasteiger partial charge in [0.25, 0.3) is 0 Å². The molecular formula is C27H27N7O2. The molecule has 1 unspecified atom stereocenters. The molecule has 0 bridgehead atoms. The molecule has 9 nitrogen and oxygen atoms in total. The Kier molecular flexibility index (Phi) is 6.20. The molecule has 2 aromatic carbocycles. The monoisotopic (exact) mass is 481 g/mol. The minimum Gasteiger partial charge on any atom is -0.339 e. The number of para-hydroxylation sites is 1. The lowest BCUT2D eigenvalue weighted by atomic mass is 10.1. The van der Waals surface area contributed by atoms with E-state index >= 15 is 0 Å². The largest absolute Gasteiger partial charge is 0.339 e. The number of carbonyl (C=O) groups excluding carboxylic acids is 2. The van der Waals surface area contributed by atoms with Crippen molar-refractivity contribution in [3.63, 3.8) is 0 Å². The van der Waals surface area contributed by atoms with Gasteiger partial charge in [0.2, 0.25) is 11.8 Å². The number of carbonyl (C=O) groups is 2. The fraction of sp³-hybridized carbons (Fsp3) is 0.222. The van der Waals surface area contributed by atoms with Crippen molar-refractivity contribution >= 4 is 34.7 Å². The third-order valence-corrected chi connectivity index (χ3v) is 6.51. The Balaban J connectivity index is 1.19. The van der Waals surface area contributed by atoms with Gasteiger partial charge < -0.3 is 15.5 Å². The van der Waals surface area contributed by atoms with Crippen LogP contribution in [0.4, 0.5) is 22.9 Å². The van der Waals surface area contributed by atoms with Crippen LogP contribution in [-0.2, 0) is 9.59 Å². The number of benzene rings is 2. The number of amides is 2. The van der Waals surface area contributed by atoms with Crippen molar-refractivity contribution in [2.24, 2.45) is 5.92 Å². The Bertz CT molecular complexity index is 1400. The summed E-state index contributed by atoms with van der Waals surface area (Å²) < 4.78 is 1.79. The van der Waals surface area contributed by atoms with Gasteiger partial charge in [-0.2, -0.15) is 5.10 Å². The zero-order valence-electron chi connectivity index (χ0n) is 20.4. The van der Waals surface area contributed by atoms with Crippen molar-refractivity contribution in [3.8, 4) is 5.82 Å². The topological polar surface area (TPSA) is 105 Å². The summed E-state index contributed by atoms with van der Waals surface area (Å²) in [5, 5.41) is 19.2. The minimum absolute atomic E-state index is 0.0407. The van der Waals surface area contributed by atoms with Crippen molar-refractivity contribution in [3.05, 3.63) is 83.7 Å². The molecule has 36 heavy (non-hydrogen) atoms. The number of anilines is 4. The van der Waals surface area contributed by atoms with Crippen molar-refractivity contribution in [2.45, 2.75) is 27.2 Å². The molecule has 1 atom stereocenters. The van der Waals surface area contributed by atoms with E-state index < -0.39 is 5.92 Å². The number of aromatic nitrogens is 4. The summed E-state index contributed by atoms with van der Waals surface area (Å²) in [6, 6.07) is 20.5. The molecule has 3 heterocycles. The van der Waals surface area contributed by atoms with Crippen LogP contribution in [0.25, 0.3) is 5.82 Å². The van der Waals surface area contributed by atoms with Crippen LogP contribution in [0.1, 0.15) is 23.4 Å². The number of aryl methyl sites for hydroxylation is 1. The van der Waals surface area contributed by atoms with Crippen molar-refractivity contribution in [1.82, 2.24) is 20.0 Å². The van der Waals surface area contributed by atoms with Gasteiger partial charge in [0.1, 0.15) is 0 Å². The predicted octanol–water partition coefficient (Wildman–Crippen LogP) is 4.32. The van der Waals surface area contributed by atoms with E-state index in [1.807, 2.05) is 87.5 Å². The number of hydrogen-bond donors (Lipinski definition) is 2. The fourth-order valence-electron chi connectivity index (χ4n) is 4.22. The molecule has 0 radical (unpaired) electrons. The van der Waals surface area contributed by atoms with Gasteiger partial charge in [-0.1, -0.05) is 18.2 Å².